The molecule has 0 aromatic heterocycles. The van der Waals surface area contributed by atoms with E-state index in [0.29, 0.717) is 6.61 Å². The van der Waals surface area contributed by atoms with Crippen molar-refractivity contribution in [2.24, 2.45) is 0 Å². The Morgan fingerprint density at radius 2 is 2.00 bits per heavy atom. The van der Waals surface area contributed by atoms with Crippen LogP contribution in [0.1, 0.15) is 19.8 Å². The van der Waals surface area contributed by atoms with Gasteiger partial charge in [-0.15, -0.1) is 0 Å². The van der Waals surface area contributed by atoms with Crippen LogP contribution in [0.2, 0.25) is 0 Å². The van der Waals surface area contributed by atoms with Gasteiger partial charge in [0.25, 0.3) is 0 Å². The lowest BCUT2D eigenvalue weighted by Crippen LogP contribution is -2.41. The van der Waals surface area contributed by atoms with E-state index < -0.39 is 32.6 Å². The normalized spacial score (nSPS) is 21.5. The highest BCUT2D eigenvalue weighted by Gasteiger charge is 2.30. The summed E-state index contributed by atoms with van der Waals surface area (Å²) in [4.78, 5) is -0.945. The molecule has 0 spiro atoms. The molecule has 2 atom stereocenters. The number of benzene rings is 1. The molecule has 1 aliphatic rings. The van der Waals surface area contributed by atoms with Crippen molar-refractivity contribution >= 4 is 10.0 Å². The summed E-state index contributed by atoms with van der Waals surface area (Å²) < 4.78 is 58.6. The Morgan fingerprint density at radius 3 is 2.53 bits per heavy atom. The highest BCUT2D eigenvalue weighted by atomic mass is 32.2. The Bertz CT molecular complexity index is 536. The third-order valence-corrected chi connectivity index (χ3v) is 4.66. The van der Waals surface area contributed by atoms with E-state index in [4.69, 9.17) is 4.74 Å². The van der Waals surface area contributed by atoms with Crippen LogP contribution in [0.5, 0.6) is 0 Å². The van der Waals surface area contributed by atoms with Gasteiger partial charge in [0.2, 0.25) is 10.0 Å². The second-order valence-corrected chi connectivity index (χ2v) is 6.16. The Morgan fingerprint density at radius 1 is 1.37 bits per heavy atom. The number of nitrogens with one attached hydrogen (secondary N) is 1. The Balaban J connectivity index is 2.22. The molecule has 0 radical (unpaired) electrons. The molecule has 1 saturated heterocycles. The predicted molar refractivity (Wildman–Crippen MR) is 65.1 cm³/mol. The smallest absolute Gasteiger partial charge is 0.246 e. The summed E-state index contributed by atoms with van der Waals surface area (Å²) in [6.07, 6.45) is 1.32. The first-order chi connectivity index (χ1) is 8.92. The number of hydrogen-bond acceptors (Lipinski definition) is 3. The molecule has 1 aromatic rings. The molecule has 1 N–H and O–H groups in total. The van der Waals surface area contributed by atoms with Gasteiger partial charge in [-0.25, -0.2) is 21.9 Å². The van der Waals surface area contributed by atoms with Crippen molar-refractivity contribution in [2.45, 2.75) is 36.8 Å². The average molecular weight is 291 g/mol. The van der Waals surface area contributed by atoms with Crippen LogP contribution in [-0.4, -0.2) is 27.2 Å². The van der Waals surface area contributed by atoms with Gasteiger partial charge in [0.1, 0.15) is 11.6 Å². The third kappa shape index (κ3) is 3.10. The summed E-state index contributed by atoms with van der Waals surface area (Å²) in [6, 6.07) is 2.40. The molecule has 0 amide bonds. The van der Waals surface area contributed by atoms with Gasteiger partial charge in [-0.05, 0) is 31.9 Å². The molecule has 0 aliphatic carbocycles. The van der Waals surface area contributed by atoms with Gasteiger partial charge in [-0.3, -0.25) is 0 Å². The van der Waals surface area contributed by atoms with E-state index in [0.717, 1.165) is 31.0 Å². The fourth-order valence-corrected chi connectivity index (χ4v) is 3.52. The molecular formula is C12H15F2NO3S. The van der Waals surface area contributed by atoms with E-state index in [-0.39, 0.29) is 6.10 Å². The summed E-state index contributed by atoms with van der Waals surface area (Å²) >= 11 is 0. The van der Waals surface area contributed by atoms with E-state index in [2.05, 4.69) is 4.72 Å². The molecule has 1 heterocycles. The van der Waals surface area contributed by atoms with E-state index >= 15 is 0 Å². The van der Waals surface area contributed by atoms with Crippen molar-refractivity contribution in [2.75, 3.05) is 6.61 Å². The minimum absolute atomic E-state index is 0.260. The molecule has 19 heavy (non-hydrogen) atoms. The van der Waals surface area contributed by atoms with Crippen LogP contribution in [0, 0.1) is 11.6 Å². The first kappa shape index (κ1) is 14.4. The van der Waals surface area contributed by atoms with Gasteiger partial charge in [-0.2, -0.15) is 0 Å². The molecule has 1 aromatic carbocycles. The number of sulfonamides is 1. The Labute approximate surface area is 110 Å². The number of rotatable bonds is 4. The maximum atomic E-state index is 13.5. The van der Waals surface area contributed by atoms with Gasteiger partial charge in [0.15, 0.2) is 4.90 Å². The fourth-order valence-electron chi connectivity index (χ4n) is 2.12. The fraction of sp³-hybridized carbons (Fsp3) is 0.500. The van der Waals surface area contributed by atoms with Gasteiger partial charge in [0.05, 0.1) is 6.10 Å². The van der Waals surface area contributed by atoms with Crippen molar-refractivity contribution < 1.29 is 21.9 Å². The molecule has 1 fully saturated rings. The Kier molecular flexibility index (Phi) is 4.17. The lowest BCUT2D eigenvalue weighted by molar-refractivity contribution is 0.0902. The minimum Gasteiger partial charge on any atom is -0.377 e. The summed E-state index contributed by atoms with van der Waals surface area (Å²) in [5.41, 5.74) is 0. The van der Waals surface area contributed by atoms with Gasteiger partial charge >= 0.3 is 0 Å². The molecule has 0 bridgehead atoms. The zero-order valence-electron chi connectivity index (χ0n) is 10.4. The summed E-state index contributed by atoms with van der Waals surface area (Å²) in [7, 11) is -4.24. The highest BCUT2D eigenvalue weighted by Crippen LogP contribution is 2.21. The molecule has 2 unspecified atom stereocenters. The van der Waals surface area contributed by atoms with Gasteiger partial charge in [-0.1, -0.05) is 6.07 Å². The van der Waals surface area contributed by atoms with Crippen LogP contribution in [0.4, 0.5) is 8.78 Å². The number of halogens is 2. The van der Waals surface area contributed by atoms with Crippen molar-refractivity contribution in [3.63, 3.8) is 0 Å². The van der Waals surface area contributed by atoms with Crippen molar-refractivity contribution in [1.29, 1.82) is 0 Å². The van der Waals surface area contributed by atoms with Gasteiger partial charge < -0.3 is 4.74 Å². The average Bonchev–Trinajstić information content (AvgIpc) is 2.80. The predicted octanol–water partition coefficient (Wildman–Crippen LogP) is 1.81. The standard InChI is InChI=1S/C12H15F2NO3S/c1-8(11-6-3-7-18-11)15-19(16,17)12-9(13)4-2-5-10(12)14/h2,4-5,8,11,15H,3,6-7H2,1H3. The maximum absolute atomic E-state index is 13.5. The second-order valence-electron chi connectivity index (χ2n) is 4.51. The zero-order chi connectivity index (χ0) is 14.0. The Hall–Kier alpha value is -1.05. The quantitative estimate of drug-likeness (QED) is 0.920. The van der Waals surface area contributed by atoms with Crippen LogP contribution in [0.15, 0.2) is 23.1 Å². The van der Waals surface area contributed by atoms with Crippen LogP contribution in [-0.2, 0) is 14.8 Å². The monoisotopic (exact) mass is 291 g/mol. The van der Waals surface area contributed by atoms with E-state index in [1.165, 1.54) is 0 Å². The molecule has 106 valence electrons. The number of hydrogen-bond donors (Lipinski definition) is 1. The second kappa shape index (κ2) is 5.52. The molecule has 0 saturated carbocycles. The highest BCUT2D eigenvalue weighted by molar-refractivity contribution is 7.89. The largest absolute Gasteiger partial charge is 0.377 e. The van der Waals surface area contributed by atoms with E-state index in [1.54, 1.807) is 6.92 Å². The van der Waals surface area contributed by atoms with Crippen molar-refractivity contribution in [3.05, 3.63) is 29.8 Å². The van der Waals surface area contributed by atoms with Crippen LogP contribution >= 0.6 is 0 Å². The number of ether oxygens (including phenoxy) is 1. The van der Waals surface area contributed by atoms with Gasteiger partial charge in [0, 0.05) is 12.6 Å². The third-order valence-electron chi connectivity index (χ3n) is 3.05. The van der Waals surface area contributed by atoms with E-state index in [9.17, 15) is 17.2 Å². The zero-order valence-corrected chi connectivity index (χ0v) is 11.2. The summed E-state index contributed by atoms with van der Waals surface area (Å²) in [6.45, 7) is 2.19. The lowest BCUT2D eigenvalue weighted by atomic mass is 10.1. The molecule has 2 rings (SSSR count). The topological polar surface area (TPSA) is 55.4 Å². The van der Waals surface area contributed by atoms with Crippen LogP contribution in [0.3, 0.4) is 0 Å². The molecular weight excluding hydrogens is 276 g/mol. The lowest BCUT2D eigenvalue weighted by Gasteiger charge is -2.20. The van der Waals surface area contributed by atoms with Crippen molar-refractivity contribution in [3.8, 4) is 0 Å². The minimum atomic E-state index is -4.24. The first-order valence-corrected chi connectivity index (χ1v) is 7.48. The molecule has 7 heteroatoms. The SMILES string of the molecule is CC(NS(=O)(=O)c1c(F)cccc1F)C1CCCO1. The van der Waals surface area contributed by atoms with Crippen molar-refractivity contribution in [1.82, 2.24) is 4.72 Å². The van der Waals surface area contributed by atoms with Crippen LogP contribution in [0.25, 0.3) is 0 Å². The van der Waals surface area contributed by atoms with E-state index in [1.807, 2.05) is 0 Å². The molecule has 1 aliphatic heterocycles. The first-order valence-electron chi connectivity index (χ1n) is 6.00. The molecule has 4 nitrogen and oxygen atoms in total. The summed E-state index contributed by atoms with van der Waals surface area (Å²) in [5.74, 6) is -2.21. The maximum Gasteiger partial charge on any atom is 0.246 e. The summed E-state index contributed by atoms with van der Waals surface area (Å²) in [5, 5.41) is 0. The van der Waals surface area contributed by atoms with Crippen LogP contribution < -0.4 is 4.72 Å².